The van der Waals surface area contributed by atoms with E-state index in [4.69, 9.17) is 4.98 Å². The van der Waals surface area contributed by atoms with Gasteiger partial charge in [0.15, 0.2) is 0 Å². The number of fused-ring (bicyclic) bond motifs is 1. The summed E-state index contributed by atoms with van der Waals surface area (Å²) in [6.07, 6.45) is 5.41. The van der Waals surface area contributed by atoms with Crippen molar-refractivity contribution < 1.29 is 4.79 Å². The van der Waals surface area contributed by atoms with Gasteiger partial charge in [0.2, 0.25) is 0 Å². The molecule has 1 aromatic carbocycles. The Bertz CT molecular complexity index is 1140. The number of carbonyl (C=O) groups excluding carboxylic acids is 1. The van der Waals surface area contributed by atoms with Crippen molar-refractivity contribution in [1.29, 1.82) is 0 Å². The molecular weight excluding hydrogens is 340 g/mol. The lowest BCUT2D eigenvalue weighted by molar-refractivity contribution is 0.0952. The average Bonchev–Trinajstić information content (AvgIpc) is 3.25. The van der Waals surface area contributed by atoms with E-state index in [0.717, 1.165) is 33.4 Å². The smallest absolute Gasteiger partial charge is 0.252 e. The van der Waals surface area contributed by atoms with E-state index in [9.17, 15) is 4.79 Å². The van der Waals surface area contributed by atoms with Crippen molar-refractivity contribution in [2.45, 2.75) is 13.5 Å². The molecule has 3 aromatic heterocycles. The monoisotopic (exact) mass is 360 g/mol. The Morgan fingerprint density at radius 2 is 1.96 bits per heavy atom. The summed E-state index contributed by atoms with van der Waals surface area (Å²) in [7, 11) is 3.74. The van der Waals surface area contributed by atoms with Crippen molar-refractivity contribution in [3.8, 4) is 11.3 Å². The number of amides is 1. The summed E-state index contributed by atoms with van der Waals surface area (Å²) in [6.45, 7) is 2.41. The number of aryl methyl sites for hydroxylation is 2. The quantitative estimate of drug-likeness (QED) is 0.607. The molecule has 0 aliphatic heterocycles. The van der Waals surface area contributed by atoms with Crippen molar-refractivity contribution in [3.63, 3.8) is 0 Å². The number of nitrogens with one attached hydrogen (secondary N) is 1. The first kappa shape index (κ1) is 17.0. The Morgan fingerprint density at radius 3 is 2.67 bits per heavy atom. The van der Waals surface area contributed by atoms with Crippen LogP contribution in [0.15, 0.2) is 48.9 Å². The van der Waals surface area contributed by atoms with Crippen molar-refractivity contribution in [2.24, 2.45) is 14.1 Å². The normalized spacial score (nSPS) is 11.1. The van der Waals surface area contributed by atoms with Crippen LogP contribution in [0.25, 0.3) is 22.2 Å². The van der Waals surface area contributed by atoms with Gasteiger partial charge in [0.05, 0.1) is 29.2 Å². The van der Waals surface area contributed by atoms with Crippen LogP contribution in [-0.2, 0) is 20.6 Å². The highest BCUT2D eigenvalue weighted by Crippen LogP contribution is 2.24. The van der Waals surface area contributed by atoms with Crippen molar-refractivity contribution in [2.75, 3.05) is 0 Å². The molecule has 4 aromatic rings. The molecular formula is C20H20N6O. The summed E-state index contributed by atoms with van der Waals surface area (Å²) in [4.78, 5) is 17.6. The van der Waals surface area contributed by atoms with Crippen molar-refractivity contribution in [1.82, 2.24) is 29.9 Å². The molecule has 1 amide bonds. The zero-order valence-electron chi connectivity index (χ0n) is 15.5. The van der Waals surface area contributed by atoms with E-state index in [0.29, 0.717) is 12.1 Å². The predicted molar refractivity (Wildman–Crippen MR) is 103 cm³/mol. The minimum atomic E-state index is -0.137. The van der Waals surface area contributed by atoms with Gasteiger partial charge < -0.3 is 5.32 Å². The maximum absolute atomic E-state index is 13.0. The van der Waals surface area contributed by atoms with E-state index in [1.807, 2.05) is 57.5 Å². The molecule has 0 unspecified atom stereocenters. The number of nitrogens with zero attached hydrogens (tertiary/aromatic N) is 5. The zero-order chi connectivity index (χ0) is 19.0. The Labute approximate surface area is 156 Å². The molecule has 7 heteroatoms. The van der Waals surface area contributed by atoms with Crippen LogP contribution in [0.5, 0.6) is 0 Å². The van der Waals surface area contributed by atoms with Crippen LogP contribution in [0.1, 0.15) is 21.6 Å². The van der Waals surface area contributed by atoms with Gasteiger partial charge in [-0.15, -0.1) is 0 Å². The SMILES string of the molecule is Cc1c(CNC(=O)c2cc(-c3cnn(C)c3)nc3ccccc23)cnn1C. The second-order valence-corrected chi connectivity index (χ2v) is 6.54. The maximum atomic E-state index is 13.0. The molecule has 4 rings (SSSR count). The second kappa shape index (κ2) is 6.68. The first-order valence-electron chi connectivity index (χ1n) is 8.67. The molecule has 0 aliphatic carbocycles. The van der Waals surface area contributed by atoms with E-state index < -0.39 is 0 Å². The number of aromatic nitrogens is 5. The van der Waals surface area contributed by atoms with Gasteiger partial charge in [-0.05, 0) is 19.1 Å². The lowest BCUT2D eigenvalue weighted by atomic mass is 10.0. The van der Waals surface area contributed by atoms with Crippen LogP contribution in [0.3, 0.4) is 0 Å². The highest BCUT2D eigenvalue weighted by molar-refractivity contribution is 6.07. The third-order valence-corrected chi connectivity index (χ3v) is 4.74. The number of pyridine rings is 1. The minimum Gasteiger partial charge on any atom is -0.348 e. The number of rotatable bonds is 4. The zero-order valence-corrected chi connectivity index (χ0v) is 15.5. The Balaban J connectivity index is 1.70. The fraction of sp³-hybridized carbons (Fsp3) is 0.200. The second-order valence-electron chi connectivity index (χ2n) is 6.54. The predicted octanol–water partition coefficient (Wildman–Crippen LogP) is 2.61. The van der Waals surface area contributed by atoms with Gasteiger partial charge >= 0.3 is 0 Å². The first-order chi connectivity index (χ1) is 13.0. The van der Waals surface area contributed by atoms with E-state index >= 15 is 0 Å². The molecule has 3 heterocycles. The van der Waals surface area contributed by atoms with E-state index in [2.05, 4.69) is 15.5 Å². The van der Waals surface area contributed by atoms with Gasteiger partial charge in [0, 0.05) is 49.0 Å². The van der Waals surface area contributed by atoms with Gasteiger partial charge in [0.1, 0.15) is 0 Å². The number of hydrogen-bond acceptors (Lipinski definition) is 4. The largest absolute Gasteiger partial charge is 0.348 e. The number of para-hydroxylation sites is 1. The summed E-state index contributed by atoms with van der Waals surface area (Å²) in [5.41, 5.74) is 5.01. The topological polar surface area (TPSA) is 77.6 Å². The van der Waals surface area contributed by atoms with Crippen LogP contribution in [-0.4, -0.2) is 30.5 Å². The molecule has 7 nitrogen and oxygen atoms in total. The summed E-state index contributed by atoms with van der Waals surface area (Å²) in [5, 5.41) is 12.3. The van der Waals surface area contributed by atoms with E-state index in [1.165, 1.54) is 0 Å². The number of carbonyl (C=O) groups is 1. The Kier molecular flexibility index (Phi) is 4.19. The van der Waals surface area contributed by atoms with Gasteiger partial charge in [-0.3, -0.25) is 14.2 Å². The molecule has 0 radical (unpaired) electrons. The van der Waals surface area contributed by atoms with Crippen LogP contribution in [0, 0.1) is 6.92 Å². The molecule has 1 N–H and O–H groups in total. The summed E-state index contributed by atoms with van der Waals surface area (Å²) in [6, 6.07) is 9.49. The summed E-state index contributed by atoms with van der Waals surface area (Å²) < 4.78 is 3.51. The first-order valence-corrected chi connectivity index (χ1v) is 8.67. The lowest BCUT2D eigenvalue weighted by Gasteiger charge is -2.10. The lowest BCUT2D eigenvalue weighted by Crippen LogP contribution is -2.23. The van der Waals surface area contributed by atoms with Gasteiger partial charge in [-0.1, -0.05) is 18.2 Å². The fourth-order valence-electron chi connectivity index (χ4n) is 3.05. The van der Waals surface area contributed by atoms with E-state index in [1.54, 1.807) is 21.8 Å². The average molecular weight is 360 g/mol. The standard InChI is InChI=1S/C20H20N6O/c1-13-14(10-23-26(13)3)9-21-20(27)17-8-19(15-11-22-25(2)12-15)24-18-7-5-4-6-16(17)18/h4-8,10-12H,9H2,1-3H3,(H,21,27). The third kappa shape index (κ3) is 3.19. The van der Waals surface area contributed by atoms with Crippen molar-refractivity contribution >= 4 is 16.8 Å². The van der Waals surface area contributed by atoms with Gasteiger partial charge in [-0.2, -0.15) is 10.2 Å². The molecule has 0 atom stereocenters. The van der Waals surface area contributed by atoms with Crippen LogP contribution >= 0.6 is 0 Å². The molecule has 0 bridgehead atoms. The molecule has 0 spiro atoms. The highest BCUT2D eigenvalue weighted by atomic mass is 16.1. The fourth-order valence-corrected chi connectivity index (χ4v) is 3.05. The highest BCUT2D eigenvalue weighted by Gasteiger charge is 2.15. The Morgan fingerprint density at radius 1 is 1.15 bits per heavy atom. The van der Waals surface area contributed by atoms with Crippen LogP contribution in [0.4, 0.5) is 0 Å². The Hall–Kier alpha value is -3.48. The maximum Gasteiger partial charge on any atom is 0.252 e. The third-order valence-electron chi connectivity index (χ3n) is 4.74. The number of hydrogen-bond donors (Lipinski definition) is 1. The molecule has 0 fully saturated rings. The molecule has 0 saturated heterocycles. The molecule has 27 heavy (non-hydrogen) atoms. The van der Waals surface area contributed by atoms with E-state index in [-0.39, 0.29) is 5.91 Å². The molecule has 0 aliphatic rings. The number of benzene rings is 1. The van der Waals surface area contributed by atoms with Crippen molar-refractivity contribution in [3.05, 3.63) is 65.7 Å². The summed E-state index contributed by atoms with van der Waals surface area (Å²) in [5.74, 6) is -0.137. The summed E-state index contributed by atoms with van der Waals surface area (Å²) >= 11 is 0. The molecule has 136 valence electrons. The van der Waals surface area contributed by atoms with Crippen LogP contribution in [0.2, 0.25) is 0 Å². The molecule has 0 saturated carbocycles. The minimum absolute atomic E-state index is 0.137. The van der Waals surface area contributed by atoms with Crippen LogP contribution < -0.4 is 5.32 Å². The van der Waals surface area contributed by atoms with Gasteiger partial charge in [-0.25, -0.2) is 4.98 Å². The van der Waals surface area contributed by atoms with Gasteiger partial charge in [0.25, 0.3) is 5.91 Å².